The predicted molar refractivity (Wildman–Crippen MR) is 60.2 cm³/mol. The van der Waals surface area contributed by atoms with Gasteiger partial charge in [0.2, 0.25) is 0 Å². The molecule has 1 aromatic rings. The van der Waals surface area contributed by atoms with E-state index >= 15 is 0 Å². The molecule has 1 aromatic carbocycles. The van der Waals surface area contributed by atoms with Crippen molar-refractivity contribution in [3.05, 3.63) is 29.0 Å². The normalized spacial score (nSPS) is 20.8. The second-order valence-electron chi connectivity index (χ2n) is 3.61. The smallest absolute Gasteiger partial charge is 0.147 e. The Morgan fingerprint density at radius 1 is 1.50 bits per heavy atom. The first-order valence-corrected chi connectivity index (χ1v) is 5.52. The van der Waals surface area contributed by atoms with Crippen LogP contribution in [0.15, 0.2) is 18.2 Å². The largest absolute Gasteiger partial charge is 0.382 e. The molecule has 1 heterocycles. The van der Waals surface area contributed by atoms with Crippen molar-refractivity contribution in [2.45, 2.75) is 12.5 Å². The van der Waals surface area contributed by atoms with Gasteiger partial charge < -0.3 is 14.8 Å². The van der Waals surface area contributed by atoms with Gasteiger partial charge in [-0.05, 0) is 24.6 Å². The first-order valence-electron chi connectivity index (χ1n) is 5.14. The van der Waals surface area contributed by atoms with Crippen LogP contribution in [0.5, 0.6) is 0 Å². The zero-order valence-corrected chi connectivity index (χ0v) is 9.47. The van der Waals surface area contributed by atoms with E-state index in [1.165, 1.54) is 6.07 Å². The van der Waals surface area contributed by atoms with Gasteiger partial charge in [0.25, 0.3) is 0 Å². The molecule has 88 valence electrons. The lowest BCUT2D eigenvalue weighted by molar-refractivity contribution is -0.133. The van der Waals surface area contributed by atoms with Gasteiger partial charge in [-0.3, -0.25) is 0 Å². The molecule has 5 heteroatoms. The molecule has 1 N–H and O–H groups in total. The molecule has 1 aliphatic rings. The quantitative estimate of drug-likeness (QED) is 0.888. The number of ether oxygens (including phenoxy) is 2. The lowest BCUT2D eigenvalue weighted by atomic mass is 10.2. The fourth-order valence-corrected chi connectivity index (χ4v) is 1.68. The molecule has 1 fully saturated rings. The molecule has 1 aliphatic heterocycles. The summed E-state index contributed by atoms with van der Waals surface area (Å²) in [5.41, 5.74) is 0.793. The van der Waals surface area contributed by atoms with Crippen LogP contribution in [0.3, 0.4) is 0 Å². The van der Waals surface area contributed by atoms with Crippen molar-refractivity contribution in [1.29, 1.82) is 0 Å². The van der Waals surface area contributed by atoms with Crippen LogP contribution in [0.4, 0.5) is 10.1 Å². The van der Waals surface area contributed by atoms with Crippen molar-refractivity contribution in [3.8, 4) is 0 Å². The Morgan fingerprint density at radius 2 is 2.38 bits per heavy atom. The van der Waals surface area contributed by atoms with E-state index in [1.54, 1.807) is 12.1 Å². The number of hydrogen-bond acceptors (Lipinski definition) is 3. The Bertz CT molecular complexity index is 356. The summed E-state index contributed by atoms with van der Waals surface area (Å²) in [6.07, 6.45) is 1.000. The zero-order valence-electron chi connectivity index (χ0n) is 8.71. The molecule has 0 bridgehead atoms. The van der Waals surface area contributed by atoms with Gasteiger partial charge in [-0.25, -0.2) is 4.39 Å². The molecule has 0 spiro atoms. The van der Waals surface area contributed by atoms with Crippen LogP contribution in [0, 0.1) is 5.82 Å². The van der Waals surface area contributed by atoms with E-state index < -0.39 is 5.82 Å². The van der Waals surface area contributed by atoms with Crippen molar-refractivity contribution >= 4 is 17.3 Å². The van der Waals surface area contributed by atoms with Gasteiger partial charge >= 0.3 is 0 Å². The SMILES string of the molecule is Fc1ccc(NCC2CCOCO2)cc1Cl. The van der Waals surface area contributed by atoms with Crippen LogP contribution in [0.25, 0.3) is 0 Å². The lowest BCUT2D eigenvalue weighted by Crippen LogP contribution is -2.30. The minimum Gasteiger partial charge on any atom is -0.382 e. The Balaban J connectivity index is 1.86. The highest BCUT2D eigenvalue weighted by Gasteiger charge is 2.13. The summed E-state index contributed by atoms with van der Waals surface area (Å²) >= 11 is 5.67. The molecule has 0 saturated carbocycles. The maximum Gasteiger partial charge on any atom is 0.147 e. The molecule has 3 nitrogen and oxygen atoms in total. The van der Waals surface area contributed by atoms with E-state index in [0.717, 1.165) is 18.7 Å². The standard InChI is InChI=1S/C11H13ClFNO2/c12-10-5-8(1-2-11(10)13)14-6-9-3-4-15-7-16-9/h1-2,5,9,14H,3-4,6-7H2. The second-order valence-corrected chi connectivity index (χ2v) is 4.02. The third-order valence-corrected chi connectivity index (χ3v) is 2.71. The van der Waals surface area contributed by atoms with E-state index in [1.807, 2.05) is 0 Å². The van der Waals surface area contributed by atoms with Gasteiger partial charge in [0.05, 0.1) is 17.7 Å². The molecule has 1 atom stereocenters. The van der Waals surface area contributed by atoms with Crippen molar-refractivity contribution in [1.82, 2.24) is 0 Å². The Hall–Kier alpha value is -0.840. The van der Waals surface area contributed by atoms with Gasteiger partial charge in [0.1, 0.15) is 12.6 Å². The van der Waals surface area contributed by atoms with Crippen LogP contribution in [-0.2, 0) is 9.47 Å². The molecule has 1 saturated heterocycles. The summed E-state index contributed by atoms with van der Waals surface area (Å²) in [6, 6.07) is 4.56. The minimum atomic E-state index is -0.408. The fourth-order valence-electron chi connectivity index (χ4n) is 1.50. The highest BCUT2D eigenvalue weighted by molar-refractivity contribution is 6.31. The van der Waals surface area contributed by atoms with Crippen LogP contribution in [0.2, 0.25) is 5.02 Å². The Kier molecular flexibility index (Phi) is 3.98. The summed E-state index contributed by atoms with van der Waals surface area (Å²) in [4.78, 5) is 0. The number of nitrogens with one attached hydrogen (secondary N) is 1. The predicted octanol–water partition coefficient (Wildman–Crippen LogP) is 2.65. The highest BCUT2D eigenvalue weighted by Crippen LogP contribution is 2.19. The van der Waals surface area contributed by atoms with E-state index in [0.29, 0.717) is 13.3 Å². The fraction of sp³-hybridized carbons (Fsp3) is 0.455. The first kappa shape index (κ1) is 11.6. The maximum absolute atomic E-state index is 12.9. The number of hydrogen-bond donors (Lipinski definition) is 1. The molecular formula is C11H13ClFNO2. The summed E-state index contributed by atoms with van der Waals surface area (Å²) in [7, 11) is 0. The van der Waals surface area contributed by atoms with Gasteiger partial charge in [0.15, 0.2) is 0 Å². The number of halogens is 2. The molecular weight excluding hydrogens is 233 g/mol. The molecule has 0 aromatic heterocycles. The average molecular weight is 246 g/mol. The lowest BCUT2D eigenvalue weighted by Gasteiger charge is -2.23. The van der Waals surface area contributed by atoms with Gasteiger partial charge in [-0.2, -0.15) is 0 Å². The van der Waals surface area contributed by atoms with Crippen molar-refractivity contribution in [2.75, 3.05) is 25.3 Å². The number of rotatable bonds is 3. The molecule has 1 unspecified atom stereocenters. The monoisotopic (exact) mass is 245 g/mol. The summed E-state index contributed by atoms with van der Waals surface area (Å²) in [6.45, 7) is 1.73. The van der Waals surface area contributed by atoms with E-state index in [4.69, 9.17) is 21.1 Å². The van der Waals surface area contributed by atoms with E-state index in [-0.39, 0.29) is 11.1 Å². The van der Waals surface area contributed by atoms with E-state index in [2.05, 4.69) is 5.32 Å². The van der Waals surface area contributed by atoms with Crippen molar-refractivity contribution in [2.24, 2.45) is 0 Å². The summed E-state index contributed by atoms with van der Waals surface area (Å²) in [5, 5.41) is 3.27. The minimum absolute atomic E-state index is 0.123. The van der Waals surface area contributed by atoms with Crippen LogP contribution in [0.1, 0.15) is 6.42 Å². The third-order valence-electron chi connectivity index (χ3n) is 2.42. The van der Waals surface area contributed by atoms with Gasteiger partial charge in [-0.1, -0.05) is 11.6 Å². The van der Waals surface area contributed by atoms with E-state index in [9.17, 15) is 4.39 Å². The van der Waals surface area contributed by atoms with Crippen LogP contribution >= 0.6 is 11.6 Å². The molecule has 0 aliphatic carbocycles. The highest BCUT2D eigenvalue weighted by atomic mass is 35.5. The van der Waals surface area contributed by atoms with Crippen molar-refractivity contribution in [3.63, 3.8) is 0 Å². The topological polar surface area (TPSA) is 30.5 Å². The Morgan fingerprint density at radius 3 is 3.06 bits per heavy atom. The van der Waals surface area contributed by atoms with Crippen LogP contribution < -0.4 is 5.32 Å². The molecule has 2 rings (SSSR count). The average Bonchev–Trinajstić information content (AvgIpc) is 2.32. The van der Waals surface area contributed by atoms with Crippen molar-refractivity contribution < 1.29 is 13.9 Å². The molecule has 0 radical (unpaired) electrons. The van der Waals surface area contributed by atoms with Crippen LogP contribution in [-0.4, -0.2) is 26.0 Å². The summed E-state index contributed by atoms with van der Waals surface area (Å²) < 4.78 is 23.3. The summed E-state index contributed by atoms with van der Waals surface area (Å²) in [5.74, 6) is -0.408. The first-order chi connectivity index (χ1) is 7.75. The zero-order chi connectivity index (χ0) is 11.4. The third kappa shape index (κ3) is 3.07. The van der Waals surface area contributed by atoms with Gasteiger partial charge in [-0.15, -0.1) is 0 Å². The Labute approximate surface area is 98.5 Å². The number of anilines is 1. The molecule has 16 heavy (non-hydrogen) atoms. The molecule has 0 amide bonds. The number of benzene rings is 1. The maximum atomic E-state index is 12.9. The second kappa shape index (κ2) is 5.48. The van der Waals surface area contributed by atoms with Gasteiger partial charge in [0, 0.05) is 12.2 Å².